The average molecular weight is 268 g/mol. The van der Waals surface area contributed by atoms with E-state index in [4.69, 9.17) is 0 Å². The Morgan fingerprint density at radius 2 is 1.70 bits per heavy atom. The highest BCUT2D eigenvalue weighted by molar-refractivity contribution is 5.55. The first-order valence-corrected chi connectivity index (χ1v) is 7.15. The predicted octanol–water partition coefficient (Wildman–Crippen LogP) is 3.91. The van der Waals surface area contributed by atoms with E-state index < -0.39 is 0 Å². The third-order valence-corrected chi connectivity index (χ3v) is 3.92. The topological polar surface area (TPSA) is 15.3 Å². The second kappa shape index (κ2) is 6.58. The van der Waals surface area contributed by atoms with Gasteiger partial charge in [-0.15, -0.1) is 0 Å². The molecule has 0 fully saturated rings. The lowest BCUT2D eigenvalue weighted by atomic mass is 10.0. The Morgan fingerprint density at radius 3 is 2.40 bits per heavy atom. The summed E-state index contributed by atoms with van der Waals surface area (Å²) in [7, 11) is 4.16. The van der Waals surface area contributed by atoms with Crippen LogP contribution < -0.4 is 10.2 Å². The average Bonchev–Trinajstić information content (AvgIpc) is 2.48. The Labute approximate surface area is 122 Å². The molecule has 0 aliphatic rings. The summed E-state index contributed by atoms with van der Waals surface area (Å²) in [4.78, 5) is 2.32. The maximum atomic E-state index is 3.33. The van der Waals surface area contributed by atoms with Gasteiger partial charge in [-0.1, -0.05) is 42.5 Å². The van der Waals surface area contributed by atoms with Gasteiger partial charge in [-0.2, -0.15) is 0 Å². The molecule has 2 aromatic carbocycles. The number of nitrogens with zero attached hydrogens (tertiary/aromatic N) is 1. The molecule has 106 valence electrons. The van der Waals surface area contributed by atoms with Gasteiger partial charge in [-0.25, -0.2) is 0 Å². The number of hydrogen-bond acceptors (Lipinski definition) is 2. The Balaban J connectivity index is 2.26. The van der Waals surface area contributed by atoms with E-state index in [1.54, 1.807) is 0 Å². The van der Waals surface area contributed by atoms with Gasteiger partial charge in [0.2, 0.25) is 0 Å². The molecule has 0 bridgehead atoms. The zero-order valence-electron chi connectivity index (χ0n) is 12.9. The van der Waals surface area contributed by atoms with E-state index in [1.807, 2.05) is 7.05 Å². The highest BCUT2D eigenvalue weighted by atomic mass is 15.1. The lowest BCUT2D eigenvalue weighted by Crippen LogP contribution is -2.21. The molecule has 0 aliphatic heterocycles. The van der Waals surface area contributed by atoms with Crippen LogP contribution in [0.3, 0.4) is 0 Å². The molecule has 0 heterocycles. The summed E-state index contributed by atoms with van der Waals surface area (Å²) in [5.41, 5.74) is 5.35. The molecular formula is C18H24N2. The van der Waals surface area contributed by atoms with Crippen molar-refractivity contribution in [3.8, 4) is 0 Å². The van der Waals surface area contributed by atoms with Crippen molar-refractivity contribution in [2.45, 2.75) is 26.4 Å². The Bertz CT molecular complexity index is 563. The number of aryl methyl sites for hydroxylation is 1. The van der Waals surface area contributed by atoms with Crippen LogP contribution in [-0.4, -0.2) is 14.1 Å². The Hall–Kier alpha value is -1.80. The Kier molecular flexibility index (Phi) is 4.80. The zero-order chi connectivity index (χ0) is 14.5. The maximum absolute atomic E-state index is 3.33. The van der Waals surface area contributed by atoms with Crippen molar-refractivity contribution in [1.82, 2.24) is 5.32 Å². The maximum Gasteiger partial charge on any atom is 0.0428 e. The summed E-state index contributed by atoms with van der Waals surface area (Å²) >= 11 is 0. The predicted molar refractivity (Wildman–Crippen MR) is 87.2 cm³/mol. The van der Waals surface area contributed by atoms with Crippen LogP contribution in [0.4, 0.5) is 5.69 Å². The van der Waals surface area contributed by atoms with Gasteiger partial charge in [0, 0.05) is 25.3 Å². The van der Waals surface area contributed by atoms with E-state index in [0.29, 0.717) is 6.04 Å². The fourth-order valence-electron chi connectivity index (χ4n) is 2.49. The van der Waals surface area contributed by atoms with E-state index in [0.717, 1.165) is 6.54 Å². The van der Waals surface area contributed by atoms with Gasteiger partial charge < -0.3 is 10.2 Å². The van der Waals surface area contributed by atoms with Crippen molar-refractivity contribution in [3.63, 3.8) is 0 Å². The molecule has 20 heavy (non-hydrogen) atoms. The van der Waals surface area contributed by atoms with Gasteiger partial charge >= 0.3 is 0 Å². The lowest BCUT2D eigenvalue weighted by molar-refractivity contribution is 0.649. The Morgan fingerprint density at radius 1 is 1.05 bits per heavy atom. The minimum atomic E-state index is 0.352. The van der Waals surface area contributed by atoms with Crippen LogP contribution in [0.5, 0.6) is 0 Å². The van der Waals surface area contributed by atoms with Crippen molar-refractivity contribution >= 4 is 5.69 Å². The van der Waals surface area contributed by atoms with Gasteiger partial charge in [0.25, 0.3) is 0 Å². The summed E-state index contributed by atoms with van der Waals surface area (Å²) in [5.74, 6) is 0. The first-order chi connectivity index (χ1) is 9.63. The highest BCUT2D eigenvalue weighted by Crippen LogP contribution is 2.26. The normalized spacial score (nSPS) is 12.2. The first-order valence-electron chi connectivity index (χ1n) is 7.15. The largest absolute Gasteiger partial charge is 0.370 e. The molecule has 1 atom stereocenters. The number of anilines is 1. The highest BCUT2D eigenvalue weighted by Gasteiger charge is 2.12. The second-order valence-corrected chi connectivity index (χ2v) is 5.35. The van der Waals surface area contributed by atoms with Crippen molar-refractivity contribution in [3.05, 3.63) is 65.2 Å². The number of rotatable bonds is 5. The van der Waals surface area contributed by atoms with Gasteiger partial charge in [-0.05, 0) is 43.7 Å². The molecule has 0 spiro atoms. The third-order valence-electron chi connectivity index (χ3n) is 3.92. The van der Waals surface area contributed by atoms with E-state index in [1.165, 1.54) is 22.4 Å². The van der Waals surface area contributed by atoms with E-state index >= 15 is 0 Å². The van der Waals surface area contributed by atoms with E-state index in [9.17, 15) is 0 Å². The molecule has 0 amide bonds. The molecule has 2 rings (SSSR count). The van der Waals surface area contributed by atoms with Gasteiger partial charge in [0.15, 0.2) is 0 Å². The molecule has 2 aromatic rings. The van der Waals surface area contributed by atoms with Crippen LogP contribution in [0.25, 0.3) is 0 Å². The molecule has 0 saturated heterocycles. The standard InChI is InChI=1S/C18H24N2/c1-14-9-5-6-10-16(14)13-20(4)18-12-8-7-11-17(18)15(2)19-3/h5-12,15,19H,13H2,1-4H3. The van der Waals surface area contributed by atoms with E-state index in [2.05, 4.69) is 79.6 Å². The third kappa shape index (κ3) is 3.20. The quantitative estimate of drug-likeness (QED) is 0.884. The zero-order valence-corrected chi connectivity index (χ0v) is 12.9. The van der Waals surface area contributed by atoms with E-state index in [-0.39, 0.29) is 0 Å². The summed E-state index contributed by atoms with van der Waals surface area (Å²) in [6.45, 7) is 5.30. The van der Waals surface area contributed by atoms with Gasteiger partial charge in [-0.3, -0.25) is 0 Å². The molecule has 0 aliphatic carbocycles. The number of hydrogen-bond donors (Lipinski definition) is 1. The summed E-state index contributed by atoms with van der Waals surface area (Å²) in [6, 6.07) is 17.5. The second-order valence-electron chi connectivity index (χ2n) is 5.35. The lowest BCUT2D eigenvalue weighted by Gasteiger charge is -2.25. The molecule has 0 radical (unpaired) electrons. The monoisotopic (exact) mass is 268 g/mol. The smallest absolute Gasteiger partial charge is 0.0428 e. The van der Waals surface area contributed by atoms with Crippen LogP contribution in [0.2, 0.25) is 0 Å². The minimum Gasteiger partial charge on any atom is -0.370 e. The molecule has 2 heteroatoms. The summed E-state index contributed by atoms with van der Waals surface area (Å²) in [5, 5.41) is 3.33. The number of nitrogens with one attached hydrogen (secondary N) is 1. The van der Waals surface area contributed by atoms with Crippen LogP contribution in [0, 0.1) is 6.92 Å². The SMILES string of the molecule is CNC(C)c1ccccc1N(C)Cc1ccccc1C. The van der Waals surface area contributed by atoms with Crippen molar-refractivity contribution < 1.29 is 0 Å². The van der Waals surface area contributed by atoms with Crippen molar-refractivity contribution in [2.75, 3.05) is 19.0 Å². The van der Waals surface area contributed by atoms with Crippen molar-refractivity contribution in [1.29, 1.82) is 0 Å². The molecular weight excluding hydrogens is 244 g/mol. The van der Waals surface area contributed by atoms with Crippen LogP contribution in [0.1, 0.15) is 29.7 Å². The first kappa shape index (κ1) is 14.6. The summed E-state index contributed by atoms with van der Waals surface area (Å²) < 4.78 is 0. The fourth-order valence-corrected chi connectivity index (χ4v) is 2.49. The van der Waals surface area contributed by atoms with Gasteiger partial charge in [0.1, 0.15) is 0 Å². The molecule has 0 aromatic heterocycles. The molecule has 0 saturated carbocycles. The van der Waals surface area contributed by atoms with Crippen LogP contribution in [0.15, 0.2) is 48.5 Å². The van der Waals surface area contributed by atoms with Crippen LogP contribution in [-0.2, 0) is 6.54 Å². The number of para-hydroxylation sites is 1. The molecule has 1 unspecified atom stereocenters. The number of benzene rings is 2. The fraction of sp³-hybridized carbons (Fsp3) is 0.333. The summed E-state index contributed by atoms with van der Waals surface area (Å²) in [6.07, 6.45) is 0. The molecule has 2 nitrogen and oxygen atoms in total. The molecule has 1 N–H and O–H groups in total. The van der Waals surface area contributed by atoms with Crippen molar-refractivity contribution in [2.24, 2.45) is 0 Å². The van der Waals surface area contributed by atoms with Crippen LogP contribution >= 0.6 is 0 Å². The minimum absolute atomic E-state index is 0.352. The van der Waals surface area contributed by atoms with Gasteiger partial charge in [0.05, 0.1) is 0 Å².